The maximum absolute atomic E-state index is 13.1. The van der Waals surface area contributed by atoms with Gasteiger partial charge in [-0.05, 0) is 37.0 Å². The molecule has 0 aliphatic heterocycles. The maximum atomic E-state index is 13.1. The minimum atomic E-state index is -1.06. The van der Waals surface area contributed by atoms with Gasteiger partial charge in [-0.25, -0.2) is 8.78 Å². The SMILES string of the molecule is NCC(NC(=O)CCC(=O)c1ccc(F)c(F)c1)C1CCCCC1. The zero-order chi connectivity index (χ0) is 17.5. The van der Waals surface area contributed by atoms with E-state index in [4.69, 9.17) is 5.73 Å². The number of carbonyl (C=O) groups is 2. The molecule has 1 aromatic rings. The first-order valence-electron chi connectivity index (χ1n) is 8.49. The van der Waals surface area contributed by atoms with Crippen LogP contribution >= 0.6 is 0 Å². The van der Waals surface area contributed by atoms with E-state index in [-0.39, 0.29) is 36.1 Å². The van der Waals surface area contributed by atoms with E-state index in [0.717, 1.165) is 37.8 Å². The molecule has 0 heterocycles. The number of rotatable bonds is 7. The molecule has 0 bridgehead atoms. The molecule has 0 saturated heterocycles. The Morgan fingerprint density at radius 3 is 2.46 bits per heavy atom. The molecule has 1 fully saturated rings. The van der Waals surface area contributed by atoms with Gasteiger partial charge < -0.3 is 11.1 Å². The summed E-state index contributed by atoms with van der Waals surface area (Å²) in [5, 5.41) is 2.91. The van der Waals surface area contributed by atoms with Crippen LogP contribution in [-0.2, 0) is 4.79 Å². The Balaban J connectivity index is 1.82. The van der Waals surface area contributed by atoms with E-state index in [1.165, 1.54) is 12.5 Å². The number of Topliss-reactive ketones (excluding diaryl/α,β-unsaturated/α-hetero) is 1. The van der Waals surface area contributed by atoms with Gasteiger partial charge in [-0.2, -0.15) is 0 Å². The fourth-order valence-electron chi connectivity index (χ4n) is 3.23. The molecule has 6 heteroatoms. The van der Waals surface area contributed by atoms with E-state index in [1.54, 1.807) is 0 Å². The zero-order valence-corrected chi connectivity index (χ0v) is 13.7. The highest BCUT2D eigenvalue weighted by molar-refractivity contribution is 5.97. The van der Waals surface area contributed by atoms with Crippen LogP contribution in [0.2, 0.25) is 0 Å². The molecule has 2 rings (SSSR count). The van der Waals surface area contributed by atoms with Crippen LogP contribution in [0, 0.1) is 17.6 Å². The first kappa shape index (κ1) is 18.5. The molecular weight excluding hydrogens is 314 g/mol. The summed E-state index contributed by atoms with van der Waals surface area (Å²) in [7, 11) is 0. The van der Waals surface area contributed by atoms with Crippen molar-refractivity contribution in [1.29, 1.82) is 0 Å². The number of hydrogen-bond donors (Lipinski definition) is 2. The molecular formula is C18H24F2N2O2. The second-order valence-corrected chi connectivity index (χ2v) is 6.36. The van der Waals surface area contributed by atoms with Gasteiger partial charge in [0.1, 0.15) is 0 Å². The minimum absolute atomic E-state index is 0.0149. The molecule has 1 amide bonds. The lowest BCUT2D eigenvalue weighted by Crippen LogP contribution is -2.45. The van der Waals surface area contributed by atoms with Gasteiger partial charge in [-0.15, -0.1) is 0 Å². The van der Waals surface area contributed by atoms with Gasteiger partial charge in [0, 0.05) is 31.0 Å². The van der Waals surface area contributed by atoms with Crippen LogP contribution in [0.25, 0.3) is 0 Å². The summed E-state index contributed by atoms with van der Waals surface area (Å²) < 4.78 is 26.0. The molecule has 1 aliphatic carbocycles. The normalized spacial score (nSPS) is 16.6. The van der Waals surface area contributed by atoms with Crippen molar-refractivity contribution in [3.63, 3.8) is 0 Å². The van der Waals surface area contributed by atoms with Crippen molar-refractivity contribution < 1.29 is 18.4 Å². The molecule has 1 saturated carbocycles. The molecule has 0 radical (unpaired) electrons. The fraction of sp³-hybridized carbons (Fsp3) is 0.556. The number of ketones is 1. The van der Waals surface area contributed by atoms with Crippen molar-refractivity contribution in [2.75, 3.05) is 6.54 Å². The third-order valence-corrected chi connectivity index (χ3v) is 4.64. The van der Waals surface area contributed by atoms with Crippen LogP contribution in [0.5, 0.6) is 0 Å². The summed E-state index contributed by atoms with van der Waals surface area (Å²) in [6.07, 6.45) is 5.65. The fourth-order valence-corrected chi connectivity index (χ4v) is 3.23. The molecule has 0 spiro atoms. The van der Waals surface area contributed by atoms with Gasteiger partial charge in [0.15, 0.2) is 17.4 Å². The molecule has 1 atom stereocenters. The van der Waals surface area contributed by atoms with Crippen molar-refractivity contribution in [2.45, 2.75) is 51.0 Å². The van der Waals surface area contributed by atoms with Crippen molar-refractivity contribution in [3.8, 4) is 0 Å². The average molecular weight is 338 g/mol. The average Bonchev–Trinajstić information content (AvgIpc) is 2.60. The van der Waals surface area contributed by atoms with Crippen molar-refractivity contribution >= 4 is 11.7 Å². The van der Waals surface area contributed by atoms with Crippen molar-refractivity contribution in [3.05, 3.63) is 35.4 Å². The van der Waals surface area contributed by atoms with E-state index >= 15 is 0 Å². The number of halogens is 2. The molecule has 1 aromatic carbocycles. The highest BCUT2D eigenvalue weighted by Gasteiger charge is 2.24. The summed E-state index contributed by atoms with van der Waals surface area (Å²) in [6, 6.07) is 2.94. The predicted octanol–water partition coefficient (Wildman–Crippen LogP) is 2.95. The van der Waals surface area contributed by atoms with Gasteiger partial charge in [0.2, 0.25) is 5.91 Å². The third kappa shape index (κ3) is 5.09. The van der Waals surface area contributed by atoms with Crippen molar-refractivity contribution in [2.24, 2.45) is 11.7 Å². The number of hydrogen-bond acceptors (Lipinski definition) is 3. The molecule has 1 aliphatic rings. The number of nitrogens with one attached hydrogen (secondary N) is 1. The van der Waals surface area contributed by atoms with E-state index in [1.807, 2.05) is 0 Å². The molecule has 3 N–H and O–H groups in total. The maximum Gasteiger partial charge on any atom is 0.220 e. The van der Waals surface area contributed by atoms with E-state index in [9.17, 15) is 18.4 Å². The Morgan fingerprint density at radius 2 is 1.83 bits per heavy atom. The van der Waals surface area contributed by atoms with Gasteiger partial charge in [-0.1, -0.05) is 19.3 Å². The summed E-state index contributed by atoms with van der Waals surface area (Å²) in [4.78, 5) is 24.0. The summed E-state index contributed by atoms with van der Waals surface area (Å²) >= 11 is 0. The Bertz CT molecular complexity index is 586. The number of carbonyl (C=O) groups excluding carboxylic acids is 2. The smallest absolute Gasteiger partial charge is 0.220 e. The molecule has 4 nitrogen and oxygen atoms in total. The van der Waals surface area contributed by atoms with Gasteiger partial charge in [0.05, 0.1) is 0 Å². The van der Waals surface area contributed by atoms with Gasteiger partial charge in [-0.3, -0.25) is 9.59 Å². The Morgan fingerprint density at radius 1 is 1.12 bits per heavy atom. The number of amides is 1. The first-order valence-corrected chi connectivity index (χ1v) is 8.49. The third-order valence-electron chi connectivity index (χ3n) is 4.64. The van der Waals surface area contributed by atoms with Crippen LogP contribution in [0.4, 0.5) is 8.78 Å². The standard InChI is InChI=1S/C18H24F2N2O2/c19-14-7-6-13(10-15(14)20)17(23)8-9-18(24)22-16(11-21)12-4-2-1-3-5-12/h6-7,10,12,16H,1-5,8-9,11,21H2,(H,22,24). The summed E-state index contributed by atoms with van der Waals surface area (Å²) in [6.45, 7) is 0.382. The predicted molar refractivity (Wildman–Crippen MR) is 87.5 cm³/mol. The lowest BCUT2D eigenvalue weighted by molar-refractivity contribution is -0.122. The molecule has 132 valence electrons. The van der Waals surface area contributed by atoms with Crippen LogP contribution in [-0.4, -0.2) is 24.3 Å². The second kappa shape index (κ2) is 8.87. The zero-order valence-electron chi connectivity index (χ0n) is 13.7. The Labute approximate surface area is 140 Å². The number of benzene rings is 1. The van der Waals surface area contributed by atoms with Crippen LogP contribution in [0.15, 0.2) is 18.2 Å². The molecule has 24 heavy (non-hydrogen) atoms. The lowest BCUT2D eigenvalue weighted by atomic mass is 9.84. The quantitative estimate of drug-likeness (QED) is 0.751. The van der Waals surface area contributed by atoms with Gasteiger partial charge >= 0.3 is 0 Å². The van der Waals surface area contributed by atoms with E-state index in [2.05, 4.69) is 5.32 Å². The van der Waals surface area contributed by atoms with Crippen LogP contribution in [0.3, 0.4) is 0 Å². The Kier molecular flexibility index (Phi) is 6.85. The highest BCUT2D eigenvalue weighted by atomic mass is 19.2. The lowest BCUT2D eigenvalue weighted by Gasteiger charge is -2.30. The summed E-state index contributed by atoms with van der Waals surface area (Å²) in [5.74, 6) is -2.28. The van der Waals surface area contributed by atoms with Crippen LogP contribution in [0.1, 0.15) is 55.3 Å². The molecule has 0 aromatic heterocycles. The van der Waals surface area contributed by atoms with E-state index in [0.29, 0.717) is 12.5 Å². The monoisotopic (exact) mass is 338 g/mol. The summed E-state index contributed by atoms with van der Waals surface area (Å²) in [5.41, 5.74) is 5.84. The first-order chi connectivity index (χ1) is 11.5. The second-order valence-electron chi connectivity index (χ2n) is 6.36. The van der Waals surface area contributed by atoms with Crippen molar-refractivity contribution in [1.82, 2.24) is 5.32 Å². The van der Waals surface area contributed by atoms with Crippen LogP contribution < -0.4 is 11.1 Å². The number of nitrogens with two attached hydrogens (primary N) is 1. The van der Waals surface area contributed by atoms with Gasteiger partial charge in [0.25, 0.3) is 0 Å². The topological polar surface area (TPSA) is 72.2 Å². The molecule has 1 unspecified atom stereocenters. The Hall–Kier alpha value is -1.82. The highest BCUT2D eigenvalue weighted by Crippen LogP contribution is 2.26. The largest absolute Gasteiger partial charge is 0.352 e. The van der Waals surface area contributed by atoms with E-state index < -0.39 is 11.6 Å². The minimum Gasteiger partial charge on any atom is -0.352 e.